The molecule has 0 bridgehead atoms. The minimum Gasteiger partial charge on any atom is -0.390 e. The Labute approximate surface area is 234 Å². The van der Waals surface area contributed by atoms with Crippen molar-refractivity contribution in [2.45, 2.75) is 55.4 Å². The highest BCUT2D eigenvalue weighted by Gasteiger charge is 2.31. The van der Waals surface area contributed by atoms with Crippen molar-refractivity contribution in [1.82, 2.24) is 14.9 Å². The topological polar surface area (TPSA) is 136 Å². The van der Waals surface area contributed by atoms with Gasteiger partial charge in [0.05, 0.1) is 23.5 Å². The average molecular weight is 566 g/mol. The monoisotopic (exact) mass is 565 g/mol. The Morgan fingerprint density at radius 2 is 1.40 bits per heavy atom. The van der Waals surface area contributed by atoms with Gasteiger partial charge in [-0.05, 0) is 54.7 Å². The molecule has 212 valence electrons. The maximum atomic E-state index is 13.1. The van der Waals surface area contributed by atoms with E-state index in [1.165, 1.54) is 28.6 Å². The molecule has 1 aliphatic heterocycles. The minimum atomic E-state index is -3.61. The van der Waals surface area contributed by atoms with Gasteiger partial charge in [0.2, 0.25) is 15.9 Å². The van der Waals surface area contributed by atoms with E-state index in [-0.39, 0.29) is 29.8 Å². The molecule has 10 heteroatoms. The third kappa shape index (κ3) is 7.76. The lowest BCUT2D eigenvalue weighted by Gasteiger charge is -2.28. The van der Waals surface area contributed by atoms with Gasteiger partial charge >= 0.3 is 0 Å². The molecule has 0 aliphatic carbocycles. The van der Waals surface area contributed by atoms with E-state index in [0.717, 1.165) is 24.0 Å². The second-order valence-electron chi connectivity index (χ2n) is 9.93. The Kier molecular flexibility index (Phi) is 10.1. The van der Waals surface area contributed by atoms with Gasteiger partial charge in [-0.1, -0.05) is 60.7 Å². The van der Waals surface area contributed by atoms with Crippen LogP contribution in [0.1, 0.15) is 40.7 Å². The molecular formula is C30H35N3O6S. The van der Waals surface area contributed by atoms with Crippen molar-refractivity contribution in [3.05, 3.63) is 102 Å². The molecule has 0 spiro atoms. The quantitative estimate of drug-likeness (QED) is 0.266. The van der Waals surface area contributed by atoms with E-state index in [0.29, 0.717) is 13.1 Å². The van der Waals surface area contributed by atoms with Crippen molar-refractivity contribution >= 4 is 21.8 Å². The third-order valence-corrected chi connectivity index (χ3v) is 8.88. The first-order valence-corrected chi connectivity index (χ1v) is 14.8. The summed E-state index contributed by atoms with van der Waals surface area (Å²) in [6.45, 7) is 1.25. The normalized spacial score (nSPS) is 16.1. The van der Waals surface area contributed by atoms with E-state index < -0.39 is 40.1 Å². The average Bonchev–Trinajstić information content (AvgIpc) is 3.53. The standard InChI is InChI=1S/C30H35N3O6S/c34-27(20-28(35)31-21-23-11-5-2-6-12-23)29(36)26(19-22-9-3-1-4-10-22)32-30(37)24-13-15-25(16-14-24)40(38,39)33-17-7-8-18-33/h1-6,9-16,26-27,29,34,36H,7-8,17-21H2,(H,31,35)(H,32,37). The molecule has 3 aromatic carbocycles. The van der Waals surface area contributed by atoms with Crippen LogP contribution in [0.15, 0.2) is 89.8 Å². The number of rotatable bonds is 12. The van der Waals surface area contributed by atoms with Gasteiger partial charge in [0, 0.05) is 25.2 Å². The molecule has 1 saturated heterocycles. The van der Waals surface area contributed by atoms with Crippen LogP contribution in [0.5, 0.6) is 0 Å². The van der Waals surface area contributed by atoms with E-state index in [1.54, 1.807) is 0 Å². The number of benzene rings is 3. The zero-order chi connectivity index (χ0) is 28.5. The molecule has 0 saturated carbocycles. The number of amides is 2. The van der Waals surface area contributed by atoms with Crippen LogP contribution in [0.4, 0.5) is 0 Å². The fourth-order valence-electron chi connectivity index (χ4n) is 4.68. The number of carbonyl (C=O) groups excluding carboxylic acids is 2. The molecule has 0 radical (unpaired) electrons. The number of nitrogens with zero attached hydrogens (tertiary/aromatic N) is 1. The fraction of sp³-hybridized carbons (Fsp3) is 0.333. The summed E-state index contributed by atoms with van der Waals surface area (Å²) >= 11 is 0. The zero-order valence-corrected chi connectivity index (χ0v) is 23.0. The minimum absolute atomic E-state index is 0.115. The van der Waals surface area contributed by atoms with Crippen LogP contribution < -0.4 is 10.6 Å². The van der Waals surface area contributed by atoms with Crippen molar-refractivity contribution in [3.8, 4) is 0 Å². The van der Waals surface area contributed by atoms with Crippen LogP contribution in [0, 0.1) is 0 Å². The van der Waals surface area contributed by atoms with Gasteiger partial charge in [-0.15, -0.1) is 0 Å². The largest absolute Gasteiger partial charge is 0.390 e. The van der Waals surface area contributed by atoms with E-state index in [4.69, 9.17) is 0 Å². The molecule has 1 heterocycles. The van der Waals surface area contributed by atoms with Crippen molar-refractivity contribution in [2.75, 3.05) is 13.1 Å². The number of aliphatic hydroxyl groups is 2. The highest BCUT2D eigenvalue weighted by atomic mass is 32.2. The number of nitrogens with one attached hydrogen (secondary N) is 2. The van der Waals surface area contributed by atoms with Crippen LogP contribution in [-0.4, -0.2) is 66.1 Å². The van der Waals surface area contributed by atoms with Gasteiger partial charge in [-0.2, -0.15) is 4.31 Å². The molecule has 4 rings (SSSR count). The first-order chi connectivity index (χ1) is 19.2. The summed E-state index contributed by atoms with van der Waals surface area (Å²) in [7, 11) is -3.61. The van der Waals surface area contributed by atoms with Gasteiger partial charge < -0.3 is 20.8 Å². The summed E-state index contributed by atoms with van der Waals surface area (Å²) in [5, 5.41) is 27.2. The summed E-state index contributed by atoms with van der Waals surface area (Å²) < 4.78 is 27.1. The van der Waals surface area contributed by atoms with Crippen LogP contribution in [-0.2, 0) is 27.8 Å². The molecular weight excluding hydrogens is 530 g/mol. The van der Waals surface area contributed by atoms with Gasteiger partial charge in [0.1, 0.15) is 6.10 Å². The Hall–Kier alpha value is -3.57. The van der Waals surface area contributed by atoms with E-state index in [9.17, 15) is 28.2 Å². The van der Waals surface area contributed by atoms with Crippen LogP contribution >= 0.6 is 0 Å². The van der Waals surface area contributed by atoms with Crippen molar-refractivity contribution in [2.24, 2.45) is 0 Å². The maximum absolute atomic E-state index is 13.1. The summed E-state index contributed by atoms with van der Waals surface area (Å²) in [5.41, 5.74) is 1.93. The smallest absolute Gasteiger partial charge is 0.251 e. The third-order valence-electron chi connectivity index (χ3n) is 6.97. The summed E-state index contributed by atoms with van der Waals surface area (Å²) in [5.74, 6) is -0.971. The van der Waals surface area contributed by atoms with E-state index in [2.05, 4.69) is 10.6 Å². The highest BCUT2D eigenvalue weighted by molar-refractivity contribution is 7.89. The number of sulfonamides is 1. The number of hydrogen-bond acceptors (Lipinski definition) is 6. The Morgan fingerprint density at radius 3 is 2.00 bits per heavy atom. The zero-order valence-electron chi connectivity index (χ0n) is 22.1. The molecule has 1 aliphatic rings. The van der Waals surface area contributed by atoms with Crippen LogP contribution in [0.25, 0.3) is 0 Å². The summed E-state index contributed by atoms with van der Waals surface area (Å²) in [6, 6.07) is 23.2. The number of aliphatic hydroxyl groups excluding tert-OH is 2. The Morgan fingerprint density at radius 1 is 0.825 bits per heavy atom. The molecule has 4 N–H and O–H groups in total. The summed E-state index contributed by atoms with van der Waals surface area (Å²) in [6.07, 6.45) is -1.37. The second kappa shape index (κ2) is 13.7. The van der Waals surface area contributed by atoms with Crippen molar-refractivity contribution in [3.63, 3.8) is 0 Å². The lowest BCUT2D eigenvalue weighted by atomic mass is 9.95. The first-order valence-electron chi connectivity index (χ1n) is 13.4. The van der Waals surface area contributed by atoms with E-state index in [1.807, 2.05) is 60.7 Å². The predicted octanol–water partition coefficient (Wildman–Crippen LogP) is 2.24. The maximum Gasteiger partial charge on any atom is 0.251 e. The van der Waals surface area contributed by atoms with E-state index >= 15 is 0 Å². The molecule has 3 unspecified atom stereocenters. The molecule has 1 fully saturated rings. The predicted molar refractivity (Wildman–Crippen MR) is 151 cm³/mol. The van der Waals surface area contributed by atoms with Gasteiger partial charge in [0.25, 0.3) is 5.91 Å². The molecule has 2 amide bonds. The van der Waals surface area contributed by atoms with Gasteiger partial charge in [-0.3, -0.25) is 9.59 Å². The molecule has 9 nitrogen and oxygen atoms in total. The van der Waals surface area contributed by atoms with Gasteiger partial charge in [-0.25, -0.2) is 8.42 Å². The first kappa shape index (κ1) is 29.4. The Bertz CT molecular complexity index is 1360. The fourth-order valence-corrected chi connectivity index (χ4v) is 6.20. The molecule has 3 atom stereocenters. The second-order valence-corrected chi connectivity index (χ2v) is 11.9. The van der Waals surface area contributed by atoms with Crippen molar-refractivity contribution in [1.29, 1.82) is 0 Å². The number of carbonyl (C=O) groups is 2. The number of hydrogen-bond donors (Lipinski definition) is 4. The van der Waals surface area contributed by atoms with Gasteiger partial charge in [0.15, 0.2) is 0 Å². The van der Waals surface area contributed by atoms with Crippen LogP contribution in [0.3, 0.4) is 0 Å². The molecule has 3 aromatic rings. The summed E-state index contributed by atoms with van der Waals surface area (Å²) in [4.78, 5) is 25.7. The molecule has 0 aromatic heterocycles. The lowest BCUT2D eigenvalue weighted by molar-refractivity contribution is -0.125. The Balaban J connectivity index is 1.42. The molecule has 40 heavy (non-hydrogen) atoms. The lowest BCUT2D eigenvalue weighted by Crippen LogP contribution is -2.50. The SMILES string of the molecule is O=C(CC(O)C(O)C(Cc1ccccc1)NC(=O)c1ccc(S(=O)(=O)N2CCCC2)cc1)NCc1ccccc1. The highest BCUT2D eigenvalue weighted by Crippen LogP contribution is 2.21. The van der Waals surface area contributed by atoms with Crippen LogP contribution in [0.2, 0.25) is 0 Å². The van der Waals surface area contributed by atoms with Crippen molar-refractivity contribution < 1.29 is 28.2 Å².